The van der Waals surface area contributed by atoms with Crippen LogP contribution in [-0.2, 0) is 29.1 Å². The van der Waals surface area contributed by atoms with Crippen LogP contribution in [0.4, 0.5) is 4.79 Å². The maximum absolute atomic E-state index is 14.0. The second-order valence-corrected chi connectivity index (χ2v) is 10.4. The van der Waals surface area contributed by atoms with Crippen molar-refractivity contribution in [3.8, 4) is 5.75 Å². The fourth-order valence-corrected chi connectivity index (χ4v) is 5.40. The molecule has 2 aliphatic rings. The van der Waals surface area contributed by atoms with E-state index in [1.807, 2.05) is 85.8 Å². The fourth-order valence-electron chi connectivity index (χ4n) is 5.40. The highest BCUT2D eigenvalue weighted by Crippen LogP contribution is 2.29. The first-order chi connectivity index (χ1) is 19.3. The molecule has 0 spiro atoms. The molecule has 2 heterocycles. The van der Waals surface area contributed by atoms with Gasteiger partial charge >= 0.3 is 6.03 Å². The number of piperazine rings is 1. The zero-order chi connectivity index (χ0) is 28.2. The number of nitrogens with zero attached hydrogens (tertiary/aromatic N) is 4. The number of aryl methyl sites for hydroxylation is 1. The molecule has 3 aromatic rings. The number of carbonyl (C=O) groups excluding carboxylic acids is 3. The van der Waals surface area contributed by atoms with Gasteiger partial charge in [0.25, 0.3) is 0 Å². The van der Waals surface area contributed by atoms with Crippen molar-refractivity contribution in [1.82, 2.24) is 25.1 Å². The third-order valence-corrected chi connectivity index (χ3v) is 7.52. The number of hydrogen-bond donors (Lipinski definition) is 1. The molecule has 208 valence electrons. The maximum atomic E-state index is 14.0. The summed E-state index contributed by atoms with van der Waals surface area (Å²) in [6.07, 6.45) is -0.280. The van der Waals surface area contributed by atoms with Crippen LogP contribution in [0.25, 0.3) is 0 Å². The van der Waals surface area contributed by atoms with E-state index >= 15 is 0 Å². The molecule has 4 amide bonds. The van der Waals surface area contributed by atoms with Gasteiger partial charge in [-0.15, -0.1) is 0 Å². The molecule has 9 nitrogen and oxygen atoms in total. The molecule has 1 unspecified atom stereocenters. The van der Waals surface area contributed by atoms with Gasteiger partial charge in [0.2, 0.25) is 11.8 Å². The van der Waals surface area contributed by atoms with Gasteiger partial charge in [-0.25, -0.2) is 14.8 Å². The number of urea groups is 1. The van der Waals surface area contributed by atoms with Gasteiger partial charge in [-0.05, 0) is 35.7 Å². The first kappa shape index (κ1) is 27.2. The normalized spacial score (nSPS) is 19.4. The molecule has 5 rings (SSSR count). The van der Waals surface area contributed by atoms with Crippen molar-refractivity contribution in [3.63, 3.8) is 0 Å². The van der Waals surface area contributed by atoms with Crippen LogP contribution in [0.15, 0.2) is 78.9 Å². The molecule has 0 aromatic heterocycles. The van der Waals surface area contributed by atoms with Gasteiger partial charge in [0, 0.05) is 26.6 Å². The molecule has 0 radical (unpaired) electrons. The first-order valence-corrected chi connectivity index (χ1v) is 13.4. The number of benzene rings is 3. The molecule has 2 atom stereocenters. The van der Waals surface area contributed by atoms with Gasteiger partial charge < -0.3 is 19.9 Å². The van der Waals surface area contributed by atoms with Gasteiger partial charge in [-0.1, -0.05) is 72.3 Å². The molecule has 40 heavy (non-hydrogen) atoms. The molecular weight excluding hydrogens is 506 g/mol. The van der Waals surface area contributed by atoms with Crippen LogP contribution < -0.4 is 10.1 Å². The predicted octanol–water partition coefficient (Wildman–Crippen LogP) is 3.18. The number of fused-ring (bicyclic) bond motifs is 1. The number of amides is 4. The summed E-state index contributed by atoms with van der Waals surface area (Å²) in [5.74, 6) is 0.433. The number of carbonyl (C=O) groups is 3. The van der Waals surface area contributed by atoms with Crippen LogP contribution in [0.2, 0.25) is 0 Å². The van der Waals surface area contributed by atoms with Crippen molar-refractivity contribution in [2.45, 2.75) is 38.6 Å². The minimum absolute atomic E-state index is 0.00537. The zero-order valence-corrected chi connectivity index (χ0v) is 23.1. The average molecular weight is 542 g/mol. The Bertz CT molecular complexity index is 1350. The number of nitrogens with one attached hydrogen (secondary N) is 1. The molecule has 1 N–H and O–H groups in total. The summed E-state index contributed by atoms with van der Waals surface area (Å²) in [7, 11) is 3.35. The maximum Gasteiger partial charge on any atom is 0.334 e. The van der Waals surface area contributed by atoms with Crippen molar-refractivity contribution in [2.75, 3.05) is 27.2 Å². The molecular formula is C31H35N5O4. The third-order valence-electron chi connectivity index (χ3n) is 7.52. The van der Waals surface area contributed by atoms with Gasteiger partial charge in [0.05, 0.1) is 20.2 Å². The van der Waals surface area contributed by atoms with Crippen molar-refractivity contribution in [2.24, 2.45) is 0 Å². The highest BCUT2D eigenvalue weighted by atomic mass is 16.5. The monoisotopic (exact) mass is 541 g/mol. The molecule has 3 aromatic carbocycles. The second kappa shape index (κ2) is 11.8. The Morgan fingerprint density at radius 1 is 0.925 bits per heavy atom. The lowest BCUT2D eigenvalue weighted by molar-refractivity contribution is -0.187. The van der Waals surface area contributed by atoms with Crippen molar-refractivity contribution >= 4 is 17.8 Å². The third kappa shape index (κ3) is 5.79. The largest absolute Gasteiger partial charge is 0.497 e. The molecule has 2 fully saturated rings. The molecule has 0 saturated carbocycles. The lowest BCUT2D eigenvalue weighted by Gasteiger charge is -2.54. The lowest BCUT2D eigenvalue weighted by atomic mass is 9.98. The summed E-state index contributed by atoms with van der Waals surface area (Å²) in [6.45, 7) is 2.93. The van der Waals surface area contributed by atoms with E-state index in [9.17, 15) is 14.4 Å². The van der Waals surface area contributed by atoms with E-state index in [1.165, 1.54) is 0 Å². The topological polar surface area (TPSA) is 85.4 Å². The van der Waals surface area contributed by atoms with Crippen LogP contribution >= 0.6 is 0 Å². The number of ether oxygens (including phenoxy) is 1. The molecule has 2 saturated heterocycles. The minimum Gasteiger partial charge on any atom is -0.497 e. The Balaban J connectivity index is 1.45. The summed E-state index contributed by atoms with van der Waals surface area (Å²) in [5.41, 5.74) is 3.99. The van der Waals surface area contributed by atoms with E-state index in [4.69, 9.17) is 4.74 Å². The van der Waals surface area contributed by atoms with Gasteiger partial charge in [0.1, 0.15) is 18.0 Å². The smallest absolute Gasteiger partial charge is 0.334 e. The Kier molecular flexibility index (Phi) is 8.02. The van der Waals surface area contributed by atoms with E-state index < -0.39 is 12.2 Å². The van der Waals surface area contributed by atoms with Crippen molar-refractivity contribution in [1.29, 1.82) is 0 Å². The van der Waals surface area contributed by atoms with E-state index in [1.54, 1.807) is 34.0 Å². The van der Waals surface area contributed by atoms with Gasteiger partial charge in [0.15, 0.2) is 0 Å². The number of hydrogen-bond acceptors (Lipinski definition) is 5. The Labute approximate surface area is 234 Å². The van der Waals surface area contributed by atoms with E-state index in [0.29, 0.717) is 19.5 Å². The average Bonchev–Trinajstić information content (AvgIpc) is 2.96. The molecule has 0 bridgehead atoms. The number of methoxy groups -OCH3 is 1. The highest BCUT2D eigenvalue weighted by molar-refractivity contribution is 5.91. The summed E-state index contributed by atoms with van der Waals surface area (Å²) in [6, 6.07) is 24.2. The van der Waals surface area contributed by atoms with Crippen LogP contribution in [0.3, 0.4) is 0 Å². The Morgan fingerprint density at radius 3 is 2.27 bits per heavy atom. The Morgan fingerprint density at radius 2 is 1.60 bits per heavy atom. The standard InChI is InChI=1S/C31H35N5O4/c1-22-9-11-23(12-10-22)17-27-30(38)34(19-25-13-15-26(40-3)16-14-25)20-28-35(27)29(37)21-33(2)36(28)31(39)32-18-24-7-5-4-6-8-24/h4-16,27-28H,17-21H2,1-3H3,(H,32,39)/t27-,28?/m0/s1. The number of hydrazine groups is 1. The molecule has 2 aliphatic heterocycles. The van der Waals surface area contributed by atoms with Crippen LogP contribution in [0, 0.1) is 6.92 Å². The van der Waals surface area contributed by atoms with Crippen LogP contribution in [0.5, 0.6) is 5.75 Å². The molecule has 9 heteroatoms. The molecule has 0 aliphatic carbocycles. The zero-order valence-electron chi connectivity index (χ0n) is 23.1. The second-order valence-electron chi connectivity index (χ2n) is 10.4. The van der Waals surface area contributed by atoms with Gasteiger partial charge in [-0.2, -0.15) is 0 Å². The Hall–Kier alpha value is -4.37. The quantitative estimate of drug-likeness (QED) is 0.497. The lowest BCUT2D eigenvalue weighted by Crippen LogP contribution is -2.76. The van der Waals surface area contributed by atoms with E-state index in [-0.39, 0.29) is 30.9 Å². The van der Waals surface area contributed by atoms with Crippen molar-refractivity contribution in [3.05, 3.63) is 101 Å². The first-order valence-electron chi connectivity index (χ1n) is 13.4. The van der Waals surface area contributed by atoms with Crippen molar-refractivity contribution < 1.29 is 19.1 Å². The summed E-state index contributed by atoms with van der Waals surface area (Å²) in [5, 5.41) is 6.23. The number of rotatable bonds is 7. The van der Waals surface area contributed by atoms with Crippen LogP contribution in [0.1, 0.15) is 22.3 Å². The summed E-state index contributed by atoms with van der Waals surface area (Å²) < 4.78 is 5.28. The summed E-state index contributed by atoms with van der Waals surface area (Å²) >= 11 is 0. The highest BCUT2D eigenvalue weighted by Gasteiger charge is 2.50. The minimum atomic E-state index is -0.731. The SMILES string of the molecule is COc1ccc(CN2CC3N(C(=O)CN(C)N3C(=O)NCc3ccccc3)[C@@H](Cc3ccc(C)cc3)C2=O)cc1. The fraction of sp³-hybridized carbons (Fsp3) is 0.323. The van der Waals surface area contributed by atoms with E-state index in [2.05, 4.69) is 5.32 Å². The number of likely N-dealkylation sites (N-methyl/N-ethyl adjacent to an activating group) is 1. The van der Waals surface area contributed by atoms with Crippen LogP contribution in [-0.4, -0.2) is 77.1 Å². The van der Waals surface area contributed by atoms with E-state index in [0.717, 1.165) is 28.0 Å². The van der Waals surface area contributed by atoms with Gasteiger partial charge in [-0.3, -0.25) is 9.59 Å². The predicted molar refractivity (Wildman–Crippen MR) is 151 cm³/mol. The summed E-state index contributed by atoms with van der Waals surface area (Å²) in [4.78, 5) is 44.4.